The highest BCUT2D eigenvalue weighted by atomic mass is 19.1. The third kappa shape index (κ3) is 4.17. The van der Waals surface area contributed by atoms with Crippen LogP contribution in [0.15, 0.2) is 48.5 Å². The summed E-state index contributed by atoms with van der Waals surface area (Å²) in [5.74, 6) is 0.394. The van der Waals surface area contributed by atoms with E-state index in [2.05, 4.69) is 36.5 Å². The van der Waals surface area contributed by atoms with Crippen molar-refractivity contribution in [2.24, 2.45) is 0 Å². The molecule has 2 aromatic carbocycles. The van der Waals surface area contributed by atoms with Crippen molar-refractivity contribution in [3.63, 3.8) is 0 Å². The van der Waals surface area contributed by atoms with Crippen molar-refractivity contribution in [3.05, 3.63) is 71.0 Å². The quantitative estimate of drug-likeness (QED) is 0.767. The van der Waals surface area contributed by atoms with Gasteiger partial charge < -0.3 is 5.32 Å². The number of aryl methyl sites for hydroxylation is 1. The lowest BCUT2D eigenvalue weighted by Gasteiger charge is -2.12. The van der Waals surface area contributed by atoms with Crippen LogP contribution in [0.2, 0.25) is 0 Å². The van der Waals surface area contributed by atoms with Crippen molar-refractivity contribution >= 4 is 0 Å². The fourth-order valence-electron chi connectivity index (χ4n) is 2.33. The summed E-state index contributed by atoms with van der Waals surface area (Å²) in [5.41, 5.74) is 3.20. The molecule has 2 heteroatoms. The molecule has 1 atom stereocenters. The van der Waals surface area contributed by atoms with E-state index in [1.807, 2.05) is 19.1 Å². The largest absolute Gasteiger partial charge is 0.313 e. The molecule has 0 aliphatic heterocycles. The minimum atomic E-state index is -0.126. The summed E-state index contributed by atoms with van der Waals surface area (Å²) in [7, 11) is 0. The zero-order valence-electron chi connectivity index (χ0n) is 12.2. The van der Waals surface area contributed by atoms with Crippen molar-refractivity contribution in [1.82, 2.24) is 5.32 Å². The molecule has 0 aliphatic carbocycles. The predicted molar refractivity (Wildman–Crippen MR) is 82.3 cm³/mol. The molecule has 0 bridgehead atoms. The fourth-order valence-corrected chi connectivity index (χ4v) is 2.33. The zero-order chi connectivity index (χ0) is 14.4. The van der Waals surface area contributed by atoms with Crippen LogP contribution in [0.4, 0.5) is 4.39 Å². The SMILES string of the molecule is Cc1ccc(F)c(CNCCC(C)c2ccccc2)c1. The monoisotopic (exact) mass is 271 g/mol. The van der Waals surface area contributed by atoms with Crippen molar-refractivity contribution in [1.29, 1.82) is 0 Å². The Balaban J connectivity index is 1.78. The molecule has 0 aliphatic rings. The molecule has 2 aromatic rings. The van der Waals surface area contributed by atoms with Gasteiger partial charge in [0, 0.05) is 12.1 Å². The number of rotatable bonds is 6. The molecule has 1 N–H and O–H groups in total. The van der Waals surface area contributed by atoms with Gasteiger partial charge in [0.15, 0.2) is 0 Å². The van der Waals surface area contributed by atoms with Gasteiger partial charge in [-0.25, -0.2) is 4.39 Å². The van der Waals surface area contributed by atoms with Crippen LogP contribution in [-0.4, -0.2) is 6.54 Å². The van der Waals surface area contributed by atoms with E-state index in [1.54, 1.807) is 12.1 Å². The molecule has 106 valence electrons. The molecule has 0 fully saturated rings. The number of hydrogen-bond acceptors (Lipinski definition) is 1. The van der Waals surface area contributed by atoms with E-state index in [1.165, 1.54) is 5.56 Å². The second kappa shape index (κ2) is 7.20. The smallest absolute Gasteiger partial charge is 0.127 e. The van der Waals surface area contributed by atoms with Crippen molar-refractivity contribution in [2.75, 3.05) is 6.54 Å². The number of benzene rings is 2. The van der Waals surface area contributed by atoms with Crippen LogP contribution in [0.5, 0.6) is 0 Å². The van der Waals surface area contributed by atoms with Gasteiger partial charge in [0.2, 0.25) is 0 Å². The van der Waals surface area contributed by atoms with E-state index in [0.29, 0.717) is 12.5 Å². The molecule has 1 nitrogen and oxygen atoms in total. The fraction of sp³-hybridized carbons (Fsp3) is 0.333. The van der Waals surface area contributed by atoms with E-state index in [-0.39, 0.29) is 5.82 Å². The molecule has 2 rings (SSSR count). The van der Waals surface area contributed by atoms with Gasteiger partial charge in [-0.05, 0) is 37.4 Å². The molecular formula is C18H22FN. The Morgan fingerprint density at radius 2 is 1.85 bits per heavy atom. The number of halogens is 1. The molecule has 0 amide bonds. The second-order valence-electron chi connectivity index (χ2n) is 5.37. The zero-order valence-corrected chi connectivity index (χ0v) is 12.2. The van der Waals surface area contributed by atoms with Crippen molar-refractivity contribution in [2.45, 2.75) is 32.7 Å². The average molecular weight is 271 g/mol. The summed E-state index contributed by atoms with van der Waals surface area (Å²) in [6.07, 6.45) is 1.05. The van der Waals surface area contributed by atoms with Crippen LogP contribution in [-0.2, 0) is 6.54 Å². The molecule has 0 saturated carbocycles. The third-order valence-corrected chi connectivity index (χ3v) is 3.64. The van der Waals surface area contributed by atoms with E-state index >= 15 is 0 Å². The van der Waals surface area contributed by atoms with Crippen molar-refractivity contribution < 1.29 is 4.39 Å². The first kappa shape index (κ1) is 14.7. The van der Waals surface area contributed by atoms with Crippen molar-refractivity contribution in [3.8, 4) is 0 Å². The highest BCUT2D eigenvalue weighted by molar-refractivity contribution is 5.24. The van der Waals surface area contributed by atoms with Crippen LogP contribution in [0.25, 0.3) is 0 Å². The topological polar surface area (TPSA) is 12.0 Å². The van der Waals surface area contributed by atoms with E-state index in [0.717, 1.165) is 24.1 Å². The molecule has 0 spiro atoms. The van der Waals surface area contributed by atoms with Crippen LogP contribution < -0.4 is 5.32 Å². The minimum Gasteiger partial charge on any atom is -0.313 e. The van der Waals surface area contributed by atoms with Gasteiger partial charge in [-0.3, -0.25) is 0 Å². The van der Waals surface area contributed by atoms with Crippen LogP contribution in [0, 0.1) is 12.7 Å². The Hall–Kier alpha value is -1.67. The van der Waals surface area contributed by atoms with Crippen LogP contribution in [0.1, 0.15) is 36.0 Å². The first-order valence-electron chi connectivity index (χ1n) is 7.17. The molecule has 20 heavy (non-hydrogen) atoms. The van der Waals surface area contributed by atoms with E-state index in [4.69, 9.17) is 0 Å². The normalized spacial score (nSPS) is 12.3. The van der Waals surface area contributed by atoms with Gasteiger partial charge >= 0.3 is 0 Å². The first-order valence-corrected chi connectivity index (χ1v) is 7.17. The Morgan fingerprint density at radius 3 is 2.60 bits per heavy atom. The van der Waals surface area contributed by atoms with Crippen LogP contribution in [0.3, 0.4) is 0 Å². The summed E-state index contributed by atoms with van der Waals surface area (Å²) in [5, 5.41) is 3.33. The molecule has 1 unspecified atom stereocenters. The lowest BCUT2D eigenvalue weighted by Crippen LogP contribution is -2.17. The van der Waals surface area contributed by atoms with Gasteiger partial charge in [0.25, 0.3) is 0 Å². The highest BCUT2D eigenvalue weighted by Gasteiger charge is 2.05. The summed E-state index contributed by atoms with van der Waals surface area (Å²) >= 11 is 0. The lowest BCUT2D eigenvalue weighted by molar-refractivity contribution is 0.564. The maximum absolute atomic E-state index is 13.6. The Bertz CT molecular complexity index is 536. The average Bonchev–Trinajstić information content (AvgIpc) is 2.47. The standard InChI is InChI=1S/C18H22FN/c1-14-8-9-18(19)17(12-14)13-20-11-10-15(2)16-6-4-3-5-7-16/h3-9,12,15,20H,10-11,13H2,1-2H3. The molecule has 0 radical (unpaired) electrons. The number of nitrogens with one attached hydrogen (secondary N) is 1. The second-order valence-corrected chi connectivity index (χ2v) is 5.37. The first-order chi connectivity index (χ1) is 9.66. The predicted octanol–water partition coefficient (Wildman–Crippen LogP) is 4.42. The lowest BCUT2D eigenvalue weighted by atomic mass is 9.98. The van der Waals surface area contributed by atoms with Gasteiger partial charge in [-0.2, -0.15) is 0 Å². The number of hydrogen-bond donors (Lipinski definition) is 1. The summed E-state index contributed by atoms with van der Waals surface area (Å²) < 4.78 is 13.6. The van der Waals surface area contributed by atoms with Gasteiger partial charge in [-0.15, -0.1) is 0 Å². The van der Waals surface area contributed by atoms with Gasteiger partial charge in [0.05, 0.1) is 0 Å². The minimum absolute atomic E-state index is 0.126. The molecule has 0 aromatic heterocycles. The molecule has 0 saturated heterocycles. The summed E-state index contributed by atoms with van der Waals surface area (Å²) in [6.45, 7) is 5.70. The Kier molecular flexibility index (Phi) is 5.31. The van der Waals surface area contributed by atoms with E-state index in [9.17, 15) is 4.39 Å². The maximum atomic E-state index is 13.6. The summed E-state index contributed by atoms with van der Waals surface area (Å²) in [4.78, 5) is 0. The Labute approximate surface area is 120 Å². The highest BCUT2D eigenvalue weighted by Crippen LogP contribution is 2.17. The van der Waals surface area contributed by atoms with Gasteiger partial charge in [-0.1, -0.05) is 55.0 Å². The maximum Gasteiger partial charge on any atom is 0.127 e. The van der Waals surface area contributed by atoms with Gasteiger partial charge in [0.1, 0.15) is 5.82 Å². The van der Waals surface area contributed by atoms with Crippen LogP contribution >= 0.6 is 0 Å². The molecule has 0 heterocycles. The third-order valence-electron chi connectivity index (χ3n) is 3.64. The molecular weight excluding hydrogens is 249 g/mol. The van der Waals surface area contributed by atoms with E-state index < -0.39 is 0 Å². The Morgan fingerprint density at radius 1 is 1.10 bits per heavy atom. The summed E-state index contributed by atoms with van der Waals surface area (Å²) in [6, 6.07) is 15.7.